The maximum absolute atomic E-state index is 13.8. The topological polar surface area (TPSA) is 54.4 Å². The molecule has 1 unspecified atom stereocenters. The van der Waals surface area contributed by atoms with Crippen LogP contribution in [-0.2, 0) is 9.84 Å². The summed E-state index contributed by atoms with van der Waals surface area (Å²) >= 11 is 0. The van der Waals surface area contributed by atoms with Gasteiger partial charge in [0.1, 0.15) is 17.7 Å². The molecule has 0 aliphatic rings. The number of aliphatic hydroxyl groups is 1. The molecule has 6 heteroatoms. The van der Waals surface area contributed by atoms with E-state index in [1.807, 2.05) is 0 Å². The van der Waals surface area contributed by atoms with Crippen LogP contribution in [0.3, 0.4) is 0 Å². The molecule has 0 aromatic heterocycles. The minimum atomic E-state index is -3.43. The number of hydrogen-bond donors (Lipinski definition) is 1. The smallest absolute Gasteiger partial charge is 0.175 e. The molecular formula is C15H14F2O3S. The van der Waals surface area contributed by atoms with Gasteiger partial charge >= 0.3 is 0 Å². The van der Waals surface area contributed by atoms with Crippen molar-refractivity contribution in [3.05, 3.63) is 64.7 Å². The van der Waals surface area contributed by atoms with Gasteiger partial charge in [-0.25, -0.2) is 17.2 Å². The molecule has 1 N–H and O–H groups in total. The van der Waals surface area contributed by atoms with Gasteiger partial charge in [-0.1, -0.05) is 12.1 Å². The highest BCUT2D eigenvalue weighted by Gasteiger charge is 2.18. The minimum absolute atomic E-state index is 0.0262. The number of sulfone groups is 1. The second-order valence-corrected chi connectivity index (χ2v) is 6.89. The number of aryl methyl sites for hydroxylation is 1. The zero-order valence-electron chi connectivity index (χ0n) is 11.5. The Kier molecular flexibility index (Phi) is 4.11. The summed E-state index contributed by atoms with van der Waals surface area (Å²) in [5.74, 6) is -1.58. The van der Waals surface area contributed by atoms with E-state index in [0.717, 1.165) is 6.26 Å². The molecule has 0 radical (unpaired) electrons. The van der Waals surface area contributed by atoms with Crippen molar-refractivity contribution < 1.29 is 22.3 Å². The molecule has 0 aliphatic heterocycles. The van der Waals surface area contributed by atoms with E-state index >= 15 is 0 Å². The summed E-state index contributed by atoms with van der Waals surface area (Å²) < 4.78 is 50.0. The summed E-state index contributed by atoms with van der Waals surface area (Å²) in [6, 6.07) is 7.52. The number of rotatable bonds is 3. The first-order valence-electron chi connectivity index (χ1n) is 6.14. The standard InChI is InChI=1S/C15H14F2O3S/c1-9-6-12(14(17)8-13(9)16)15(18)10-4-3-5-11(7-10)21(2,19)20/h3-8,15,18H,1-2H3. The van der Waals surface area contributed by atoms with Crippen molar-refractivity contribution in [2.45, 2.75) is 17.9 Å². The van der Waals surface area contributed by atoms with Crippen molar-refractivity contribution >= 4 is 9.84 Å². The Labute approximate surface area is 121 Å². The van der Waals surface area contributed by atoms with E-state index in [1.54, 1.807) is 0 Å². The average Bonchev–Trinajstić information content (AvgIpc) is 2.41. The molecule has 0 fully saturated rings. The lowest BCUT2D eigenvalue weighted by atomic mass is 9.99. The van der Waals surface area contributed by atoms with E-state index in [0.29, 0.717) is 6.07 Å². The number of hydrogen-bond acceptors (Lipinski definition) is 3. The Bertz CT molecular complexity index is 786. The summed E-state index contributed by atoms with van der Waals surface area (Å²) in [6.45, 7) is 1.46. The third-order valence-corrected chi connectivity index (χ3v) is 4.28. The van der Waals surface area contributed by atoms with Crippen LogP contribution in [0.15, 0.2) is 41.3 Å². The monoisotopic (exact) mass is 312 g/mol. The predicted octanol–water partition coefficient (Wildman–Crippen LogP) is 2.76. The third-order valence-electron chi connectivity index (χ3n) is 3.17. The quantitative estimate of drug-likeness (QED) is 0.948. The van der Waals surface area contributed by atoms with Crippen molar-refractivity contribution in [2.75, 3.05) is 6.26 Å². The highest BCUT2D eigenvalue weighted by molar-refractivity contribution is 7.90. The van der Waals surface area contributed by atoms with Crippen molar-refractivity contribution in [3.8, 4) is 0 Å². The summed E-state index contributed by atoms with van der Waals surface area (Å²) in [4.78, 5) is 0.0262. The summed E-state index contributed by atoms with van der Waals surface area (Å²) in [6.07, 6.45) is -0.327. The van der Waals surface area contributed by atoms with Gasteiger partial charge in [0.15, 0.2) is 9.84 Å². The molecule has 2 rings (SSSR count). The zero-order valence-corrected chi connectivity index (χ0v) is 12.3. The largest absolute Gasteiger partial charge is 0.384 e. The van der Waals surface area contributed by atoms with Crippen molar-refractivity contribution in [3.63, 3.8) is 0 Å². The Balaban J connectivity index is 2.50. The molecule has 0 heterocycles. The first-order valence-corrected chi connectivity index (χ1v) is 8.03. The SMILES string of the molecule is Cc1cc(C(O)c2cccc(S(C)(=O)=O)c2)c(F)cc1F. The van der Waals surface area contributed by atoms with Crippen molar-refractivity contribution in [1.82, 2.24) is 0 Å². The average molecular weight is 312 g/mol. The third kappa shape index (κ3) is 3.28. The Morgan fingerprint density at radius 3 is 2.38 bits per heavy atom. The van der Waals surface area contributed by atoms with Gasteiger partial charge in [-0.15, -0.1) is 0 Å². The maximum Gasteiger partial charge on any atom is 0.175 e. The molecule has 0 spiro atoms. The second kappa shape index (κ2) is 5.54. The molecular weight excluding hydrogens is 298 g/mol. The van der Waals surface area contributed by atoms with Crippen molar-refractivity contribution in [2.24, 2.45) is 0 Å². The highest BCUT2D eigenvalue weighted by atomic mass is 32.2. The fourth-order valence-electron chi connectivity index (χ4n) is 1.98. The molecule has 2 aromatic carbocycles. The lowest BCUT2D eigenvalue weighted by molar-refractivity contribution is 0.214. The summed E-state index contributed by atoms with van der Waals surface area (Å²) in [7, 11) is -3.43. The van der Waals surface area contributed by atoms with Gasteiger partial charge in [-0.2, -0.15) is 0 Å². The second-order valence-electron chi connectivity index (χ2n) is 4.87. The van der Waals surface area contributed by atoms with E-state index < -0.39 is 27.6 Å². The van der Waals surface area contributed by atoms with E-state index in [2.05, 4.69) is 0 Å². The van der Waals surface area contributed by atoms with Gasteiger partial charge in [0.25, 0.3) is 0 Å². The number of aliphatic hydroxyl groups excluding tert-OH is 1. The molecule has 0 saturated carbocycles. The molecule has 0 bridgehead atoms. The van der Waals surface area contributed by atoms with E-state index in [-0.39, 0.29) is 21.6 Å². The van der Waals surface area contributed by atoms with Crippen LogP contribution in [0, 0.1) is 18.6 Å². The van der Waals surface area contributed by atoms with Crippen LogP contribution in [0.1, 0.15) is 22.8 Å². The molecule has 21 heavy (non-hydrogen) atoms. The lowest BCUT2D eigenvalue weighted by Crippen LogP contribution is -2.06. The first kappa shape index (κ1) is 15.6. The van der Waals surface area contributed by atoms with Gasteiger partial charge in [-0.3, -0.25) is 0 Å². The highest BCUT2D eigenvalue weighted by Crippen LogP contribution is 2.27. The van der Waals surface area contributed by atoms with Crippen molar-refractivity contribution in [1.29, 1.82) is 0 Å². The summed E-state index contributed by atoms with van der Waals surface area (Å²) in [5.41, 5.74) is 0.326. The Morgan fingerprint density at radius 2 is 1.76 bits per heavy atom. The molecule has 0 amide bonds. The van der Waals surface area contributed by atoms with E-state index in [1.165, 1.54) is 37.3 Å². The van der Waals surface area contributed by atoms with Crippen LogP contribution in [0.25, 0.3) is 0 Å². The van der Waals surface area contributed by atoms with Crippen LogP contribution in [0.5, 0.6) is 0 Å². The van der Waals surface area contributed by atoms with Gasteiger partial charge in [0, 0.05) is 17.9 Å². The number of benzene rings is 2. The normalized spacial score (nSPS) is 13.2. The Hall–Kier alpha value is -1.79. The Morgan fingerprint density at radius 1 is 1.10 bits per heavy atom. The van der Waals surface area contributed by atoms with Crippen LogP contribution in [0.4, 0.5) is 8.78 Å². The number of halogens is 2. The molecule has 0 saturated heterocycles. The predicted molar refractivity (Wildman–Crippen MR) is 74.7 cm³/mol. The molecule has 0 aliphatic carbocycles. The van der Waals surface area contributed by atoms with Gasteiger partial charge in [0.2, 0.25) is 0 Å². The molecule has 2 aromatic rings. The van der Waals surface area contributed by atoms with Crippen LogP contribution >= 0.6 is 0 Å². The van der Waals surface area contributed by atoms with E-state index in [4.69, 9.17) is 0 Å². The van der Waals surface area contributed by atoms with Crippen LogP contribution in [-0.4, -0.2) is 19.8 Å². The van der Waals surface area contributed by atoms with Gasteiger partial charge < -0.3 is 5.11 Å². The molecule has 112 valence electrons. The fourth-order valence-corrected chi connectivity index (χ4v) is 2.66. The summed E-state index contributed by atoms with van der Waals surface area (Å²) in [5, 5.41) is 10.2. The van der Waals surface area contributed by atoms with E-state index in [9.17, 15) is 22.3 Å². The molecule has 3 nitrogen and oxygen atoms in total. The fraction of sp³-hybridized carbons (Fsp3) is 0.200. The van der Waals surface area contributed by atoms with Gasteiger partial charge in [0.05, 0.1) is 4.90 Å². The molecule has 1 atom stereocenters. The van der Waals surface area contributed by atoms with Gasteiger partial charge in [-0.05, 0) is 36.2 Å². The van der Waals surface area contributed by atoms with Crippen LogP contribution in [0.2, 0.25) is 0 Å². The minimum Gasteiger partial charge on any atom is -0.384 e. The first-order chi connectivity index (χ1) is 9.70. The maximum atomic E-state index is 13.8. The van der Waals surface area contributed by atoms with Crippen LogP contribution < -0.4 is 0 Å². The zero-order chi connectivity index (χ0) is 15.8. The lowest BCUT2D eigenvalue weighted by Gasteiger charge is -2.14.